The smallest absolute Gasteiger partial charge is 0.246 e. The molecule has 7 rings (SSSR count). The van der Waals surface area contributed by atoms with Crippen LogP contribution in [-0.2, 0) is 88.3 Å². The molecule has 586 valence electrons. The van der Waals surface area contributed by atoms with Crippen LogP contribution in [0.1, 0.15) is 136 Å². The van der Waals surface area contributed by atoms with Crippen molar-refractivity contribution in [3.05, 3.63) is 125 Å². The van der Waals surface area contributed by atoms with Crippen LogP contribution in [0.4, 0.5) is 0 Å². The average Bonchev–Trinajstić information content (AvgIpc) is 1.80. The Kier molecular flexibility index (Phi) is 30.7. The van der Waals surface area contributed by atoms with Crippen molar-refractivity contribution in [1.82, 2.24) is 68.0 Å². The summed E-state index contributed by atoms with van der Waals surface area (Å²) in [5.74, 6) is -9.23. The molecule has 0 aliphatic carbocycles. The van der Waals surface area contributed by atoms with E-state index in [0.29, 0.717) is 64.2 Å². The van der Waals surface area contributed by atoms with E-state index in [2.05, 4.69) is 63.1 Å². The predicted molar refractivity (Wildman–Crippen MR) is 409 cm³/mol. The first-order valence-electron chi connectivity index (χ1n) is 36.2. The third kappa shape index (κ3) is 24.1. The molecule has 0 spiro atoms. The number of rotatable bonds is 13. The lowest BCUT2D eigenvalue weighted by atomic mass is 9.85. The zero-order chi connectivity index (χ0) is 79.4. The summed E-state index contributed by atoms with van der Waals surface area (Å²) in [5.41, 5.74) is 10.9. The molecule has 5 aromatic rings. The number of aromatic amines is 1. The molecular formula is C76H105N15O15S2. The second-order valence-electron chi connectivity index (χ2n) is 29.7. The standard InChI is InChI=1S/C76H105N15O15S2/c1-42(2)76(10)73(106)86-53(19-11-12-30-77)65(98)85-57(62(78)96)41-108-40-48-17-13-16-47(34-48)39-107-33-29-59(95)87-61(74(5,6)7)70(103)84-56(36-46-23-27-51(94)28-24-46)71(104)91-32-15-20-58(91)68(101)88-60(44(4)92)69(102)83-55(37-49-38-80-63-52(49)18-14-31-79-63)66(99)89-75(8,9)72(105)81-43(3)64(97)82-54(67(100)90-76)35-45-21-25-50(93)26-22-45/h13-14,16-18,21-28,31,34,38,42-44,53-58,60-61,92-94H,11-12,15,19-20,29-30,32-33,35-37,39-41,77H2,1-10H3,(H2,78,96)(H,79,80)(H,81,105)(H,82,97)(H,83,102)(H,84,103)(H,85,98)(H,86,106)(H,87,95)(H,88,101)(H,89,99)(H,90,100)/t43-,44+,53-,54-,55-,56-,57-,58-,60-,61+,76-/m0/s1. The number of benzene rings is 3. The number of aliphatic hydroxyl groups is 1. The van der Waals surface area contributed by atoms with Gasteiger partial charge in [-0.1, -0.05) is 83.1 Å². The highest BCUT2D eigenvalue weighted by Gasteiger charge is 2.45. The molecule has 1 fully saturated rings. The summed E-state index contributed by atoms with van der Waals surface area (Å²) in [6.07, 6.45) is 2.23. The second kappa shape index (κ2) is 38.8. The predicted octanol–water partition coefficient (Wildman–Crippen LogP) is 1.93. The van der Waals surface area contributed by atoms with Crippen LogP contribution in [0.15, 0.2) is 97.3 Å². The largest absolute Gasteiger partial charge is 0.508 e. The molecule has 11 atom stereocenters. The van der Waals surface area contributed by atoms with E-state index in [1.165, 1.54) is 99.4 Å². The normalized spacial score (nSPS) is 25.0. The Morgan fingerprint density at radius 3 is 1.87 bits per heavy atom. The zero-order valence-electron chi connectivity index (χ0n) is 62.8. The molecule has 108 heavy (non-hydrogen) atoms. The molecule has 3 aromatic carbocycles. The third-order valence-corrected chi connectivity index (χ3v) is 21.3. The minimum Gasteiger partial charge on any atom is -0.508 e. The van der Waals surface area contributed by atoms with Crippen LogP contribution in [-0.4, -0.2) is 197 Å². The van der Waals surface area contributed by atoms with Crippen molar-refractivity contribution >= 4 is 105 Å². The van der Waals surface area contributed by atoms with Gasteiger partial charge in [0.1, 0.15) is 82.6 Å². The summed E-state index contributed by atoms with van der Waals surface area (Å²) < 4.78 is 0. The number of carbonyl (C=O) groups excluding carboxylic acids is 12. The molecule has 2 aromatic heterocycles. The highest BCUT2D eigenvalue weighted by atomic mass is 32.2. The first-order valence-corrected chi connectivity index (χ1v) is 38.5. The number of aliphatic hydroxyl groups excluding tert-OH is 1. The van der Waals surface area contributed by atoms with Crippen molar-refractivity contribution in [3.63, 3.8) is 0 Å². The fraction of sp³-hybridized carbons (Fsp3) is 0.513. The van der Waals surface area contributed by atoms with Gasteiger partial charge in [0, 0.05) is 73.0 Å². The Morgan fingerprint density at radius 2 is 1.26 bits per heavy atom. The molecule has 12 amide bonds. The molecule has 1 saturated heterocycles. The number of primary amides is 1. The number of nitrogens with two attached hydrogens (primary N) is 2. The third-order valence-electron chi connectivity index (χ3n) is 19.2. The van der Waals surface area contributed by atoms with E-state index in [4.69, 9.17) is 11.5 Å². The van der Waals surface area contributed by atoms with Crippen LogP contribution in [0.25, 0.3) is 11.0 Å². The second-order valence-corrected chi connectivity index (χ2v) is 31.8. The molecule has 0 unspecified atom stereocenters. The van der Waals surface area contributed by atoms with Crippen LogP contribution in [0.3, 0.4) is 0 Å². The van der Waals surface area contributed by atoms with Crippen molar-refractivity contribution in [3.8, 4) is 11.5 Å². The van der Waals surface area contributed by atoms with Crippen molar-refractivity contribution in [2.45, 2.75) is 210 Å². The lowest BCUT2D eigenvalue weighted by Crippen LogP contribution is -2.66. The number of nitrogens with zero attached hydrogens (tertiary/aromatic N) is 2. The van der Waals surface area contributed by atoms with Gasteiger partial charge in [-0.25, -0.2) is 4.98 Å². The van der Waals surface area contributed by atoms with Gasteiger partial charge in [0.25, 0.3) is 0 Å². The van der Waals surface area contributed by atoms with E-state index in [1.54, 1.807) is 71.3 Å². The fourth-order valence-corrected chi connectivity index (χ4v) is 14.2. The number of phenols is 2. The van der Waals surface area contributed by atoms with Crippen LogP contribution < -0.4 is 64.6 Å². The number of phenolic OH excluding ortho intramolecular Hbond substituents is 2. The van der Waals surface area contributed by atoms with E-state index in [1.807, 2.05) is 24.3 Å². The molecule has 2 aliphatic rings. The number of thioether (sulfide) groups is 2. The summed E-state index contributed by atoms with van der Waals surface area (Å²) in [6.45, 7) is 15.5. The first kappa shape index (κ1) is 85.5. The van der Waals surface area contributed by atoms with E-state index in [0.717, 1.165) is 11.1 Å². The number of fused-ring (bicyclic) bond motifs is 4. The number of nitrogens with one attached hydrogen (secondary N) is 11. The number of hydrogen-bond donors (Lipinski definition) is 16. The average molecular weight is 1530 g/mol. The maximum atomic E-state index is 15.0. The first-order chi connectivity index (χ1) is 51.0. The molecule has 0 radical (unpaired) electrons. The number of pyridine rings is 1. The summed E-state index contributed by atoms with van der Waals surface area (Å²) in [6, 6.07) is 10.3. The van der Waals surface area contributed by atoms with E-state index >= 15 is 4.79 Å². The van der Waals surface area contributed by atoms with Gasteiger partial charge in [0.05, 0.1) is 6.10 Å². The van der Waals surface area contributed by atoms with Crippen molar-refractivity contribution in [2.24, 2.45) is 22.8 Å². The topological polar surface area (TPSA) is 470 Å². The monoisotopic (exact) mass is 1530 g/mol. The van der Waals surface area contributed by atoms with Crippen LogP contribution in [0.5, 0.6) is 11.5 Å². The van der Waals surface area contributed by atoms with Crippen LogP contribution in [0.2, 0.25) is 0 Å². The van der Waals surface area contributed by atoms with Gasteiger partial charge in [0.2, 0.25) is 70.9 Å². The summed E-state index contributed by atoms with van der Waals surface area (Å²) >= 11 is 2.80. The van der Waals surface area contributed by atoms with Crippen LogP contribution in [0, 0.1) is 11.3 Å². The quantitative estimate of drug-likeness (QED) is 0.0749. The Morgan fingerprint density at radius 1 is 0.657 bits per heavy atom. The SMILES string of the molecule is CC(C)[C@]1(C)NC(=O)[C@H](Cc2ccc(O)cc2)NC(=O)[C@H](C)NC(=O)C(C)(C)NC(=O)[C@H](Cc2c[nH]c3ncccc23)NC(=O)[C@H]([C@@H](C)O)NC(=O)[C@@H]2CCCN2C(=O)[C@H](Cc2ccc(O)cc2)NC(=O)[C@H](C(C)(C)C)NC(=O)CCSCc2cccc(c2)CSC[C@@H](C(N)=O)NC(=O)[C@H](CCCCN)NC1=O. The van der Waals surface area contributed by atoms with Crippen molar-refractivity contribution < 1.29 is 72.9 Å². The van der Waals surface area contributed by atoms with Crippen molar-refractivity contribution in [1.29, 1.82) is 0 Å². The highest BCUT2D eigenvalue weighted by Crippen LogP contribution is 2.27. The number of H-pyrrole nitrogens is 1. The molecule has 30 nitrogen and oxygen atoms in total. The number of aromatic hydroxyl groups is 2. The minimum atomic E-state index is -1.89. The van der Waals surface area contributed by atoms with Crippen LogP contribution >= 0.6 is 23.5 Å². The Hall–Kier alpha value is -9.79. The lowest BCUT2D eigenvalue weighted by Gasteiger charge is -2.36. The fourth-order valence-electron chi connectivity index (χ4n) is 12.3. The zero-order valence-corrected chi connectivity index (χ0v) is 64.4. The van der Waals surface area contributed by atoms with E-state index < -0.39 is 154 Å². The Labute approximate surface area is 637 Å². The van der Waals surface area contributed by atoms with Gasteiger partial charge in [-0.15, -0.1) is 0 Å². The molecule has 4 heterocycles. The molecule has 32 heteroatoms. The molecular weight excluding hydrogens is 1430 g/mol. The number of aromatic nitrogens is 2. The summed E-state index contributed by atoms with van der Waals surface area (Å²) in [7, 11) is 0. The number of hydrogen-bond acceptors (Lipinski definition) is 19. The van der Waals surface area contributed by atoms with Gasteiger partial charge in [0.15, 0.2) is 0 Å². The van der Waals surface area contributed by atoms with Crippen molar-refractivity contribution in [2.75, 3.05) is 24.6 Å². The maximum Gasteiger partial charge on any atom is 0.246 e. The van der Waals surface area contributed by atoms with Gasteiger partial charge in [-0.2, -0.15) is 23.5 Å². The van der Waals surface area contributed by atoms with Gasteiger partial charge < -0.3 is 89.8 Å². The van der Waals surface area contributed by atoms with E-state index in [-0.39, 0.29) is 68.9 Å². The van der Waals surface area contributed by atoms with Gasteiger partial charge in [-0.3, -0.25) is 57.5 Å². The summed E-state index contributed by atoms with van der Waals surface area (Å²) in [5, 5.41) is 59.5. The number of unbranched alkanes of at least 4 members (excludes halogenated alkanes) is 1. The molecule has 2 bridgehead atoms. The Balaban J connectivity index is 1.21. The molecule has 0 saturated carbocycles. The number of carbonyl (C=O) groups is 12. The highest BCUT2D eigenvalue weighted by molar-refractivity contribution is 7.98. The van der Waals surface area contributed by atoms with E-state index in [9.17, 15) is 68.1 Å². The summed E-state index contributed by atoms with van der Waals surface area (Å²) in [4.78, 5) is 182. The molecule has 2 aliphatic heterocycles. The maximum absolute atomic E-state index is 15.0. The molecule has 18 N–H and O–H groups in total. The van der Waals surface area contributed by atoms with Gasteiger partial charge >= 0.3 is 0 Å². The minimum absolute atomic E-state index is 0.00759. The number of amides is 12. The lowest BCUT2D eigenvalue weighted by molar-refractivity contribution is -0.143. The Bertz CT molecular complexity index is 4020. The van der Waals surface area contributed by atoms with Gasteiger partial charge in [-0.05, 0) is 149 Å².